The van der Waals surface area contributed by atoms with Gasteiger partial charge in [0, 0.05) is 10.2 Å². The van der Waals surface area contributed by atoms with Crippen LogP contribution in [0.3, 0.4) is 0 Å². The van der Waals surface area contributed by atoms with Crippen molar-refractivity contribution in [2.45, 2.75) is 6.61 Å². The van der Waals surface area contributed by atoms with Gasteiger partial charge in [0.1, 0.15) is 24.1 Å². The zero-order valence-corrected chi connectivity index (χ0v) is 20.0. The van der Waals surface area contributed by atoms with E-state index in [0.29, 0.717) is 32.8 Å². The molecular formula is C24H17Br2FN2O3. The largest absolute Gasteiger partial charge is 0.493 e. The van der Waals surface area contributed by atoms with Crippen molar-refractivity contribution in [3.05, 3.63) is 92.1 Å². The number of hydrogen-bond acceptors (Lipinski definition) is 4. The highest BCUT2D eigenvalue weighted by Gasteiger charge is 2.14. The number of hydrogen-bond donors (Lipinski definition) is 1. The molecule has 1 N–H and O–H groups in total. The van der Waals surface area contributed by atoms with Gasteiger partial charge >= 0.3 is 0 Å². The quantitative estimate of drug-likeness (QED) is 0.265. The number of nitrogens with one attached hydrogen (secondary N) is 1. The maximum Gasteiger partial charge on any atom is 0.266 e. The van der Waals surface area contributed by atoms with Crippen LogP contribution in [-0.2, 0) is 11.4 Å². The number of carbonyl (C=O) groups excluding carboxylic acids is 1. The summed E-state index contributed by atoms with van der Waals surface area (Å²) in [5.74, 6) is -0.0624. The van der Waals surface area contributed by atoms with Crippen LogP contribution in [0.25, 0.3) is 6.08 Å². The molecule has 1 amide bonds. The van der Waals surface area contributed by atoms with Crippen molar-refractivity contribution >= 4 is 49.5 Å². The van der Waals surface area contributed by atoms with Crippen LogP contribution in [0.15, 0.2) is 75.2 Å². The van der Waals surface area contributed by atoms with Crippen molar-refractivity contribution in [1.29, 1.82) is 5.26 Å². The maximum absolute atomic E-state index is 13.4. The van der Waals surface area contributed by atoms with Gasteiger partial charge < -0.3 is 14.8 Å². The molecule has 0 aliphatic rings. The Morgan fingerprint density at radius 3 is 2.62 bits per heavy atom. The molecule has 162 valence electrons. The summed E-state index contributed by atoms with van der Waals surface area (Å²) in [5.41, 5.74) is 1.71. The van der Waals surface area contributed by atoms with E-state index in [1.165, 1.54) is 25.3 Å². The number of nitrogens with zero attached hydrogens (tertiary/aromatic N) is 1. The van der Waals surface area contributed by atoms with Crippen molar-refractivity contribution < 1.29 is 18.7 Å². The predicted octanol–water partition coefficient (Wildman–Crippen LogP) is 6.48. The second kappa shape index (κ2) is 10.9. The highest BCUT2D eigenvalue weighted by atomic mass is 79.9. The van der Waals surface area contributed by atoms with Crippen LogP contribution in [0.2, 0.25) is 0 Å². The molecule has 0 aromatic heterocycles. The molecule has 0 heterocycles. The Labute approximate surface area is 201 Å². The summed E-state index contributed by atoms with van der Waals surface area (Å²) in [7, 11) is 1.48. The number of rotatable bonds is 7. The van der Waals surface area contributed by atoms with Crippen molar-refractivity contribution in [3.8, 4) is 17.6 Å². The normalized spacial score (nSPS) is 10.9. The molecule has 0 saturated heterocycles. The fraction of sp³-hybridized carbons (Fsp3) is 0.0833. The number of amides is 1. The average Bonchev–Trinajstić information content (AvgIpc) is 2.76. The smallest absolute Gasteiger partial charge is 0.266 e. The summed E-state index contributed by atoms with van der Waals surface area (Å²) in [5, 5.41) is 12.2. The van der Waals surface area contributed by atoms with Crippen LogP contribution in [0.1, 0.15) is 11.1 Å². The van der Waals surface area contributed by atoms with Gasteiger partial charge in [-0.05, 0) is 75.6 Å². The zero-order chi connectivity index (χ0) is 23.1. The second-order valence-corrected chi connectivity index (χ2v) is 8.36. The fourth-order valence-corrected chi connectivity index (χ4v) is 3.80. The Balaban J connectivity index is 1.82. The van der Waals surface area contributed by atoms with Crippen LogP contribution in [0.4, 0.5) is 10.1 Å². The summed E-state index contributed by atoms with van der Waals surface area (Å²) < 4.78 is 26.0. The molecule has 0 bridgehead atoms. The van der Waals surface area contributed by atoms with Gasteiger partial charge in [-0.2, -0.15) is 5.26 Å². The Morgan fingerprint density at radius 2 is 1.94 bits per heavy atom. The van der Waals surface area contributed by atoms with Crippen LogP contribution in [0.5, 0.6) is 11.5 Å². The average molecular weight is 560 g/mol. The first-order valence-corrected chi connectivity index (χ1v) is 10.9. The van der Waals surface area contributed by atoms with Crippen molar-refractivity contribution in [2.75, 3.05) is 12.4 Å². The van der Waals surface area contributed by atoms with E-state index in [1.54, 1.807) is 42.5 Å². The molecule has 5 nitrogen and oxygen atoms in total. The van der Waals surface area contributed by atoms with Crippen molar-refractivity contribution in [3.63, 3.8) is 0 Å². The lowest BCUT2D eigenvalue weighted by Gasteiger charge is -2.14. The summed E-state index contributed by atoms with van der Waals surface area (Å²) in [6, 6.07) is 18.5. The molecule has 0 atom stereocenters. The first kappa shape index (κ1) is 23.5. The van der Waals surface area contributed by atoms with Gasteiger partial charge in [-0.25, -0.2) is 4.39 Å². The molecule has 0 unspecified atom stereocenters. The van der Waals surface area contributed by atoms with Gasteiger partial charge in [0.2, 0.25) is 0 Å². The SMILES string of the molecule is COc1cc(/C=C(/C#N)C(=O)Nc2cccc(Br)c2)cc(Br)c1OCc1cccc(F)c1. The predicted molar refractivity (Wildman–Crippen MR) is 128 cm³/mol. The number of nitriles is 1. The molecule has 0 aliphatic heterocycles. The standard InChI is InChI=1S/C24H17Br2FN2O3/c1-31-22-11-16(8-17(13-28)24(30)29-20-7-3-5-18(25)12-20)10-21(26)23(22)32-14-15-4-2-6-19(27)9-15/h2-12H,14H2,1H3,(H,29,30)/b17-8-. The molecule has 3 rings (SSSR count). The fourth-order valence-electron chi connectivity index (χ4n) is 2.83. The molecule has 0 saturated carbocycles. The van der Waals surface area contributed by atoms with E-state index in [2.05, 4.69) is 37.2 Å². The number of ether oxygens (including phenoxy) is 2. The minimum atomic E-state index is -0.535. The number of benzene rings is 3. The van der Waals surface area contributed by atoms with E-state index in [0.717, 1.165) is 4.47 Å². The zero-order valence-electron chi connectivity index (χ0n) is 16.9. The van der Waals surface area contributed by atoms with E-state index in [-0.39, 0.29) is 18.0 Å². The first-order valence-electron chi connectivity index (χ1n) is 9.33. The molecular weight excluding hydrogens is 543 g/mol. The lowest BCUT2D eigenvalue weighted by molar-refractivity contribution is -0.112. The Morgan fingerprint density at radius 1 is 1.16 bits per heavy atom. The minimum Gasteiger partial charge on any atom is -0.493 e. The first-order chi connectivity index (χ1) is 15.4. The van der Waals surface area contributed by atoms with E-state index >= 15 is 0 Å². The molecule has 3 aromatic rings. The van der Waals surface area contributed by atoms with Gasteiger partial charge in [0.25, 0.3) is 5.91 Å². The topological polar surface area (TPSA) is 71.3 Å². The van der Waals surface area contributed by atoms with Gasteiger partial charge in [-0.1, -0.05) is 34.1 Å². The van der Waals surface area contributed by atoms with Gasteiger partial charge in [-0.3, -0.25) is 4.79 Å². The number of methoxy groups -OCH3 is 1. The molecule has 0 radical (unpaired) electrons. The molecule has 3 aromatic carbocycles. The number of halogens is 3. The third-order valence-electron chi connectivity index (χ3n) is 4.28. The molecule has 0 fully saturated rings. The summed E-state index contributed by atoms with van der Waals surface area (Å²) in [6.07, 6.45) is 1.46. The highest BCUT2D eigenvalue weighted by Crippen LogP contribution is 2.38. The van der Waals surface area contributed by atoms with Crippen LogP contribution < -0.4 is 14.8 Å². The molecule has 8 heteroatoms. The van der Waals surface area contributed by atoms with E-state index < -0.39 is 5.91 Å². The monoisotopic (exact) mass is 558 g/mol. The number of anilines is 1. The Bertz CT molecular complexity index is 1220. The summed E-state index contributed by atoms with van der Waals surface area (Å²) >= 11 is 6.78. The van der Waals surface area contributed by atoms with E-state index in [9.17, 15) is 14.4 Å². The third-order valence-corrected chi connectivity index (χ3v) is 5.36. The van der Waals surface area contributed by atoms with E-state index in [1.807, 2.05) is 12.1 Å². The Hall–Kier alpha value is -3.15. The number of carbonyl (C=O) groups is 1. The highest BCUT2D eigenvalue weighted by molar-refractivity contribution is 9.10. The molecule has 0 aliphatic carbocycles. The lowest BCUT2D eigenvalue weighted by atomic mass is 10.1. The van der Waals surface area contributed by atoms with Crippen molar-refractivity contribution in [2.24, 2.45) is 0 Å². The Kier molecular flexibility index (Phi) is 8.03. The third kappa shape index (κ3) is 6.19. The van der Waals surface area contributed by atoms with Crippen molar-refractivity contribution in [1.82, 2.24) is 0 Å². The maximum atomic E-state index is 13.4. The van der Waals surface area contributed by atoms with E-state index in [4.69, 9.17) is 9.47 Å². The lowest BCUT2D eigenvalue weighted by Crippen LogP contribution is -2.13. The minimum absolute atomic E-state index is 0.0765. The summed E-state index contributed by atoms with van der Waals surface area (Å²) in [4.78, 5) is 12.5. The molecule has 32 heavy (non-hydrogen) atoms. The van der Waals surface area contributed by atoms with Gasteiger partial charge in [-0.15, -0.1) is 0 Å². The van der Waals surface area contributed by atoms with Crippen LogP contribution >= 0.6 is 31.9 Å². The van der Waals surface area contributed by atoms with Crippen LogP contribution in [-0.4, -0.2) is 13.0 Å². The van der Waals surface area contributed by atoms with Gasteiger partial charge in [0.15, 0.2) is 11.5 Å². The van der Waals surface area contributed by atoms with Crippen LogP contribution in [0, 0.1) is 17.1 Å². The molecule has 0 spiro atoms. The second-order valence-electron chi connectivity index (χ2n) is 6.59. The van der Waals surface area contributed by atoms with Gasteiger partial charge in [0.05, 0.1) is 11.6 Å². The summed E-state index contributed by atoms with van der Waals surface area (Å²) in [6.45, 7) is 0.139.